The maximum absolute atomic E-state index is 14.0. The molecule has 2 aromatic carbocycles. The Hall–Kier alpha value is -3.63. The number of hydrogen-bond acceptors (Lipinski definition) is 7. The van der Waals surface area contributed by atoms with Gasteiger partial charge in [0.15, 0.2) is 0 Å². The maximum atomic E-state index is 14.0. The predicted octanol–water partition coefficient (Wildman–Crippen LogP) is 3.43. The normalized spacial score (nSPS) is 22.4. The van der Waals surface area contributed by atoms with Gasteiger partial charge in [-0.3, -0.25) is 24.4 Å². The van der Waals surface area contributed by atoms with Crippen LogP contribution in [0.4, 0.5) is 0 Å². The maximum Gasteiger partial charge on any atom is 0.239 e. The van der Waals surface area contributed by atoms with Crippen LogP contribution in [-0.4, -0.2) is 86.8 Å². The van der Waals surface area contributed by atoms with E-state index in [0.717, 1.165) is 28.8 Å². The van der Waals surface area contributed by atoms with Gasteiger partial charge in [-0.05, 0) is 61.4 Å². The van der Waals surface area contributed by atoms with Gasteiger partial charge in [0.05, 0.1) is 18.2 Å². The van der Waals surface area contributed by atoms with Crippen molar-refractivity contribution < 1.29 is 19.8 Å². The Morgan fingerprint density at radius 1 is 1.02 bits per heavy atom. The summed E-state index contributed by atoms with van der Waals surface area (Å²) in [4.78, 5) is 36.2. The van der Waals surface area contributed by atoms with Crippen LogP contribution in [0.3, 0.4) is 0 Å². The summed E-state index contributed by atoms with van der Waals surface area (Å²) >= 11 is 0. The summed E-state index contributed by atoms with van der Waals surface area (Å²) in [5.41, 5.74) is 3.67. The highest BCUT2D eigenvalue weighted by Crippen LogP contribution is 2.34. The van der Waals surface area contributed by atoms with Crippen molar-refractivity contribution in [2.75, 3.05) is 26.2 Å². The molecular weight excluding hydrogens is 578 g/mol. The Morgan fingerprint density at radius 3 is 2.48 bits per heavy atom. The zero-order chi connectivity index (χ0) is 32.8. The summed E-state index contributed by atoms with van der Waals surface area (Å²) < 4.78 is 0. The number of nitrogens with zero attached hydrogens (tertiary/aromatic N) is 3. The minimum absolute atomic E-state index is 0.0728. The van der Waals surface area contributed by atoms with Gasteiger partial charge >= 0.3 is 0 Å². The molecule has 5 rings (SSSR count). The smallest absolute Gasteiger partial charge is 0.239 e. The second kappa shape index (κ2) is 14.9. The number of pyridine rings is 1. The number of amides is 2. The highest BCUT2D eigenvalue weighted by Gasteiger charge is 2.38. The van der Waals surface area contributed by atoms with Gasteiger partial charge in [0.25, 0.3) is 0 Å². The first-order valence-electron chi connectivity index (χ1n) is 16.4. The lowest BCUT2D eigenvalue weighted by Crippen LogP contribution is -2.62. The molecule has 0 spiro atoms. The van der Waals surface area contributed by atoms with Gasteiger partial charge in [0.1, 0.15) is 6.04 Å². The molecule has 1 aliphatic heterocycles. The van der Waals surface area contributed by atoms with Crippen molar-refractivity contribution in [2.45, 2.75) is 82.8 Å². The minimum atomic E-state index is -0.850. The van der Waals surface area contributed by atoms with Crippen LogP contribution in [0, 0.1) is 5.92 Å². The van der Waals surface area contributed by atoms with Crippen molar-refractivity contribution >= 4 is 11.8 Å². The number of rotatable bonds is 11. The first kappa shape index (κ1) is 33.7. The van der Waals surface area contributed by atoms with Crippen LogP contribution in [0.2, 0.25) is 0 Å². The van der Waals surface area contributed by atoms with E-state index in [1.165, 1.54) is 0 Å². The molecule has 6 unspecified atom stereocenters. The molecule has 2 heterocycles. The summed E-state index contributed by atoms with van der Waals surface area (Å²) in [6.45, 7) is 10.7. The average Bonchev–Trinajstić information content (AvgIpc) is 3.34. The molecule has 1 aromatic heterocycles. The van der Waals surface area contributed by atoms with Crippen molar-refractivity contribution in [3.63, 3.8) is 0 Å². The first-order valence-corrected chi connectivity index (χ1v) is 16.4. The van der Waals surface area contributed by atoms with Crippen LogP contribution in [0.25, 0.3) is 0 Å². The Labute approximate surface area is 273 Å². The van der Waals surface area contributed by atoms with Crippen LogP contribution < -0.4 is 10.6 Å². The minimum Gasteiger partial charge on any atom is -0.392 e. The van der Waals surface area contributed by atoms with Crippen molar-refractivity contribution in [3.05, 3.63) is 101 Å². The van der Waals surface area contributed by atoms with E-state index in [9.17, 15) is 19.8 Å². The quantitative estimate of drug-likeness (QED) is 0.257. The van der Waals surface area contributed by atoms with Crippen LogP contribution in [0.15, 0.2) is 79.1 Å². The summed E-state index contributed by atoms with van der Waals surface area (Å²) in [7, 11) is 0. The number of aromatic nitrogens is 1. The van der Waals surface area contributed by atoms with Crippen molar-refractivity contribution in [3.8, 4) is 0 Å². The molecule has 2 aliphatic rings. The molecule has 2 amide bonds. The summed E-state index contributed by atoms with van der Waals surface area (Å²) in [6, 6.07) is 20.7. The zero-order valence-electron chi connectivity index (χ0n) is 27.5. The van der Waals surface area contributed by atoms with Gasteiger partial charge in [-0.2, -0.15) is 0 Å². The number of aliphatic hydroxyl groups is 2. The van der Waals surface area contributed by atoms with Crippen molar-refractivity contribution in [2.24, 2.45) is 5.92 Å². The number of nitrogens with one attached hydrogen (secondary N) is 2. The summed E-state index contributed by atoms with van der Waals surface area (Å²) in [6.07, 6.45) is 2.76. The van der Waals surface area contributed by atoms with E-state index in [2.05, 4.69) is 25.4 Å². The predicted molar refractivity (Wildman–Crippen MR) is 179 cm³/mol. The number of hydrogen-bond donors (Lipinski definition) is 4. The van der Waals surface area contributed by atoms with E-state index in [4.69, 9.17) is 0 Å². The first-order chi connectivity index (χ1) is 22.0. The van der Waals surface area contributed by atoms with Crippen LogP contribution in [0.5, 0.6) is 0 Å². The fourth-order valence-corrected chi connectivity index (χ4v) is 6.86. The van der Waals surface area contributed by atoms with Crippen molar-refractivity contribution in [1.29, 1.82) is 0 Å². The van der Waals surface area contributed by atoms with Gasteiger partial charge in [0, 0.05) is 63.0 Å². The number of aliphatic hydroxyl groups excluding tert-OH is 2. The van der Waals surface area contributed by atoms with Crippen LogP contribution in [-0.2, 0) is 22.6 Å². The third-order valence-corrected chi connectivity index (χ3v) is 9.24. The molecule has 3 aromatic rings. The second-order valence-corrected chi connectivity index (χ2v) is 14.0. The fraction of sp³-hybridized carbons (Fsp3) is 0.486. The molecule has 0 radical (unpaired) electrons. The molecule has 6 atom stereocenters. The third kappa shape index (κ3) is 8.59. The molecule has 9 nitrogen and oxygen atoms in total. The van der Waals surface area contributed by atoms with E-state index in [0.29, 0.717) is 26.1 Å². The molecule has 4 N–H and O–H groups in total. The standard InChI is InChI=1S/C37H49N5O4/c1-25(27-12-6-5-7-13-27)31(35(45)39-34-30-15-9-8-14-28(30)19-33(34)44)20-29(43)23-42-18-17-41(22-26-11-10-16-38-21-26)24-32(42)36(46)40-37(2,3)4/h5-16,21,25,29,31-34,43-44H,17-20,22-24H2,1-4H3,(H,39,45)(H,40,46). The molecule has 1 aliphatic carbocycles. The zero-order valence-corrected chi connectivity index (χ0v) is 27.5. The number of carbonyl (C=O) groups excluding carboxylic acids is 2. The lowest BCUT2D eigenvalue weighted by molar-refractivity contribution is -0.132. The lowest BCUT2D eigenvalue weighted by Gasteiger charge is -2.42. The number of benzene rings is 2. The number of piperazine rings is 1. The van der Waals surface area contributed by atoms with Crippen LogP contribution >= 0.6 is 0 Å². The Kier molecular flexibility index (Phi) is 10.9. The van der Waals surface area contributed by atoms with Gasteiger partial charge < -0.3 is 20.8 Å². The Bertz CT molecular complexity index is 1450. The monoisotopic (exact) mass is 627 g/mol. The van der Waals surface area contributed by atoms with Gasteiger partial charge in [-0.25, -0.2) is 0 Å². The van der Waals surface area contributed by atoms with Gasteiger partial charge in [-0.15, -0.1) is 0 Å². The molecule has 0 bridgehead atoms. The topological polar surface area (TPSA) is 118 Å². The number of fused-ring (bicyclic) bond motifs is 1. The summed E-state index contributed by atoms with van der Waals surface area (Å²) in [5.74, 6) is -0.997. The largest absolute Gasteiger partial charge is 0.392 e. The average molecular weight is 628 g/mol. The van der Waals surface area contributed by atoms with Crippen LogP contribution in [0.1, 0.15) is 68.3 Å². The lowest BCUT2D eigenvalue weighted by atomic mass is 9.82. The second-order valence-electron chi connectivity index (χ2n) is 14.0. The number of carbonyl (C=O) groups is 2. The molecule has 9 heteroatoms. The van der Waals surface area contributed by atoms with E-state index < -0.39 is 35.7 Å². The van der Waals surface area contributed by atoms with E-state index in [-0.39, 0.29) is 30.7 Å². The molecule has 246 valence electrons. The molecular formula is C37H49N5O4. The van der Waals surface area contributed by atoms with Crippen molar-refractivity contribution in [1.82, 2.24) is 25.4 Å². The Balaban J connectivity index is 1.31. The highest BCUT2D eigenvalue weighted by atomic mass is 16.3. The van der Waals surface area contributed by atoms with E-state index in [1.54, 1.807) is 6.20 Å². The number of β-amino-alcohol motifs (C(OH)–C–C–N with tert-alkyl or cyclic N) is 1. The fourth-order valence-electron chi connectivity index (χ4n) is 6.86. The summed E-state index contributed by atoms with van der Waals surface area (Å²) in [5, 5.41) is 28.7. The van der Waals surface area contributed by atoms with Gasteiger partial charge in [0.2, 0.25) is 11.8 Å². The highest BCUT2D eigenvalue weighted by molar-refractivity contribution is 5.83. The van der Waals surface area contributed by atoms with E-state index >= 15 is 0 Å². The molecule has 0 saturated carbocycles. The third-order valence-electron chi connectivity index (χ3n) is 9.24. The molecule has 1 saturated heterocycles. The van der Waals surface area contributed by atoms with Gasteiger partial charge in [-0.1, -0.05) is 67.6 Å². The Morgan fingerprint density at radius 2 is 1.76 bits per heavy atom. The SMILES string of the molecule is CC(c1ccccc1)C(CC(O)CN1CCN(Cc2cccnc2)CC1C(=O)NC(C)(C)C)C(=O)NC1c2ccccc2CC1O. The molecule has 46 heavy (non-hydrogen) atoms. The molecule has 1 fully saturated rings. The van der Waals surface area contributed by atoms with E-state index in [1.807, 2.05) is 101 Å².